The van der Waals surface area contributed by atoms with Crippen LogP contribution in [0.5, 0.6) is 0 Å². The summed E-state index contributed by atoms with van der Waals surface area (Å²) in [6.45, 7) is 0.596. The number of hydrogen-bond acceptors (Lipinski definition) is 2. The van der Waals surface area contributed by atoms with E-state index in [9.17, 15) is 9.18 Å². The van der Waals surface area contributed by atoms with Crippen molar-refractivity contribution in [2.24, 2.45) is 0 Å². The monoisotopic (exact) mass is 146 g/mol. The largest absolute Gasteiger partial charge is 0.375 e. The highest BCUT2D eigenvalue weighted by atomic mass is 19.1. The zero-order valence-corrected chi connectivity index (χ0v) is 5.75. The van der Waals surface area contributed by atoms with Crippen LogP contribution >= 0.6 is 0 Å². The van der Waals surface area contributed by atoms with Crippen LogP contribution in [0.2, 0.25) is 0 Å². The molecule has 0 aromatic heterocycles. The maximum atomic E-state index is 12.5. The van der Waals surface area contributed by atoms with Crippen molar-refractivity contribution < 1.29 is 13.9 Å². The summed E-state index contributed by atoms with van der Waals surface area (Å²) < 4.78 is 17.5. The maximum Gasteiger partial charge on any atom is 0.181 e. The zero-order valence-electron chi connectivity index (χ0n) is 5.75. The fraction of sp³-hybridized carbons (Fsp3) is 0.857. The minimum Gasteiger partial charge on any atom is -0.375 e. The van der Waals surface area contributed by atoms with Gasteiger partial charge in [-0.05, 0) is 19.3 Å². The molecule has 2 nitrogen and oxygen atoms in total. The molecule has 0 aromatic rings. The Labute approximate surface area is 59.4 Å². The van der Waals surface area contributed by atoms with Crippen LogP contribution in [0.4, 0.5) is 4.39 Å². The third kappa shape index (κ3) is 1.77. The average Bonchev–Trinajstić information content (AvgIpc) is 2.05. The lowest BCUT2D eigenvalue weighted by atomic mass is 10.1. The number of hydrogen-bond donors (Lipinski definition) is 0. The lowest BCUT2D eigenvalue weighted by Crippen LogP contribution is -2.30. The van der Waals surface area contributed by atoms with E-state index in [1.807, 2.05) is 0 Å². The minimum absolute atomic E-state index is 0.315. The Bertz CT molecular complexity index is 110. The van der Waals surface area contributed by atoms with Crippen LogP contribution in [0, 0.1) is 0 Å². The van der Waals surface area contributed by atoms with Crippen LogP contribution in [-0.2, 0) is 9.53 Å². The molecule has 3 heteroatoms. The van der Waals surface area contributed by atoms with Gasteiger partial charge in [-0.2, -0.15) is 0 Å². The highest BCUT2D eigenvalue weighted by Gasteiger charge is 2.22. The molecule has 0 aromatic carbocycles. The van der Waals surface area contributed by atoms with Gasteiger partial charge in [0.25, 0.3) is 0 Å². The van der Waals surface area contributed by atoms with Crippen molar-refractivity contribution >= 4 is 6.29 Å². The first-order valence-corrected chi connectivity index (χ1v) is 3.55. The fourth-order valence-electron chi connectivity index (χ4n) is 1.10. The molecule has 1 aliphatic heterocycles. The zero-order chi connectivity index (χ0) is 7.40. The fourth-order valence-corrected chi connectivity index (χ4v) is 1.10. The Balaban J connectivity index is 2.30. The molecule has 10 heavy (non-hydrogen) atoms. The Morgan fingerprint density at radius 2 is 2.40 bits per heavy atom. The first-order valence-electron chi connectivity index (χ1n) is 3.55. The van der Waals surface area contributed by atoms with Crippen molar-refractivity contribution in [1.29, 1.82) is 0 Å². The summed E-state index contributed by atoms with van der Waals surface area (Å²) in [4.78, 5) is 9.95. The topological polar surface area (TPSA) is 26.3 Å². The summed E-state index contributed by atoms with van der Waals surface area (Å²) in [5, 5.41) is 0. The summed E-state index contributed by atoms with van der Waals surface area (Å²) in [6, 6.07) is 0. The first-order chi connectivity index (χ1) is 4.84. The van der Waals surface area contributed by atoms with E-state index in [4.69, 9.17) is 4.74 Å². The minimum atomic E-state index is -1.42. The third-order valence-corrected chi connectivity index (χ3v) is 1.70. The van der Waals surface area contributed by atoms with Crippen molar-refractivity contribution in [3.05, 3.63) is 0 Å². The van der Waals surface area contributed by atoms with E-state index >= 15 is 0 Å². The van der Waals surface area contributed by atoms with E-state index in [0.717, 1.165) is 12.8 Å². The van der Waals surface area contributed by atoms with Gasteiger partial charge >= 0.3 is 0 Å². The van der Waals surface area contributed by atoms with Gasteiger partial charge < -0.3 is 9.53 Å². The van der Waals surface area contributed by atoms with Crippen molar-refractivity contribution in [2.75, 3.05) is 6.61 Å². The highest BCUT2D eigenvalue weighted by Crippen LogP contribution is 2.16. The van der Waals surface area contributed by atoms with Crippen molar-refractivity contribution in [1.82, 2.24) is 0 Å². The van der Waals surface area contributed by atoms with Crippen molar-refractivity contribution in [3.8, 4) is 0 Å². The summed E-state index contributed by atoms with van der Waals surface area (Å²) in [7, 11) is 0. The standard InChI is InChI=1S/C7H11FO2/c8-6(5-9)7-3-1-2-4-10-7/h5-7H,1-4H2. The number of alkyl halides is 1. The summed E-state index contributed by atoms with van der Waals surface area (Å²) >= 11 is 0. The lowest BCUT2D eigenvalue weighted by molar-refractivity contribution is -0.119. The van der Waals surface area contributed by atoms with Crippen LogP contribution in [0.1, 0.15) is 19.3 Å². The number of carbonyl (C=O) groups excluding carboxylic acids is 1. The van der Waals surface area contributed by atoms with Gasteiger partial charge in [-0.15, -0.1) is 0 Å². The van der Waals surface area contributed by atoms with Crippen LogP contribution in [0.25, 0.3) is 0 Å². The summed E-state index contributed by atoms with van der Waals surface area (Å²) in [5.41, 5.74) is 0. The van der Waals surface area contributed by atoms with E-state index in [0.29, 0.717) is 19.3 Å². The van der Waals surface area contributed by atoms with Gasteiger partial charge in [0, 0.05) is 6.61 Å². The Morgan fingerprint density at radius 1 is 1.60 bits per heavy atom. The molecule has 2 atom stereocenters. The Kier molecular flexibility index (Phi) is 2.81. The second-order valence-electron chi connectivity index (χ2n) is 2.49. The molecule has 0 saturated carbocycles. The number of aldehydes is 1. The number of carbonyl (C=O) groups is 1. The summed E-state index contributed by atoms with van der Waals surface area (Å²) in [6.07, 6.45) is 1.07. The third-order valence-electron chi connectivity index (χ3n) is 1.70. The maximum absolute atomic E-state index is 12.5. The van der Waals surface area contributed by atoms with E-state index in [1.165, 1.54) is 0 Å². The molecule has 0 aliphatic carbocycles. The van der Waals surface area contributed by atoms with Gasteiger partial charge in [0.2, 0.25) is 0 Å². The van der Waals surface area contributed by atoms with Crippen molar-refractivity contribution in [3.63, 3.8) is 0 Å². The molecule has 0 bridgehead atoms. The lowest BCUT2D eigenvalue weighted by Gasteiger charge is -2.22. The molecule has 0 N–H and O–H groups in total. The molecule has 1 fully saturated rings. The first kappa shape index (κ1) is 7.66. The number of halogens is 1. The molecule has 1 aliphatic rings. The molecule has 2 unspecified atom stereocenters. The van der Waals surface area contributed by atoms with Gasteiger partial charge in [-0.3, -0.25) is 0 Å². The van der Waals surface area contributed by atoms with Crippen LogP contribution in [0.15, 0.2) is 0 Å². The average molecular weight is 146 g/mol. The molecule has 0 amide bonds. The van der Waals surface area contributed by atoms with Gasteiger partial charge in [-0.25, -0.2) is 4.39 Å². The van der Waals surface area contributed by atoms with E-state index < -0.39 is 12.3 Å². The Morgan fingerprint density at radius 3 is 2.90 bits per heavy atom. The van der Waals surface area contributed by atoms with Gasteiger partial charge in [0.15, 0.2) is 12.5 Å². The van der Waals surface area contributed by atoms with Crippen LogP contribution in [-0.4, -0.2) is 25.2 Å². The predicted octanol–water partition coefficient (Wildman–Crippen LogP) is 1.09. The molecule has 0 radical (unpaired) electrons. The molecular formula is C7H11FO2. The second-order valence-corrected chi connectivity index (χ2v) is 2.49. The Hall–Kier alpha value is -0.440. The van der Waals surface area contributed by atoms with Gasteiger partial charge in [0.05, 0.1) is 6.10 Å². The van der Waals surface area contributed by atoms with E-state index in [-0.39, 0.29) is 0 Å². The molecule has 0 spiro atoms. The van der Waals surface area contributed by atoms with E-state index in [2.05, 4.69) is 0 Å². The quantitative estimate of drug-likeness (QED) is 0.545. The highest BCUT2D eigenvalue weighted by molar-refractivity contribution is 5.56. The number of ether oxygens (including phenoxy) is 1. The smallest absolute Gasteiger partial charge is 0.181 e. The molecule has 1 saturated heterocycles. The molecular weight excluding hydrogens is 135 g/mol. The molecule has 1 heterocycles. The van der Waals surface area contributed by atoms with E-state index in [1.54, 1.807) is 0 Å². The van der Waals surface area contributed by atoms with Crippen LogP contribution in [0.3, 0.4) is 0 Å². The summed E-state index contributed by atoms with van der Waals surface area (Å²) in [5.74, 6) is 0. The molecule has 1 rings (SSSR count). The van der Waals surface area contributed by atoms with Crippen LogP contribution < -0.4 is 0 Å². The molecule has 58 valence electrons. The normalized spacial score (nSPS) is 29.5. The number of rotatable bonds is 2. The SMILES string of the molecule is O=CC(F)C1CCCCO1. The van der Waals surface area contributed by atoms with Gasteiger partial charge in [-0.1, -0.05) is 0 Å². The van der Waals surface area contributed by atoms with Crippen molar-refractivity contribution in [2.45, 2.75) is 31.5 Å². The van der Waals surface area contributed by atoms with Gasteiger partial charge in [0.1, 0.15) is 0 Å². The predicted molar refractivity (Wildman–Crippen MR) is 34.6 cm³/mol. The second kappa shape index (κ2) is 3.66.